The van der Waals surface area contributed by atoms with E-state index in [0.29, 0.717) is 12.4 Å². The third-order valence-corrected chi connectivity index (χ3v) is 5.78. The summed E-state index contributed by atoms with van der Waals surface area (Å²) in [6, 6.07) is 21.7. The second kappa shape index (κ2) is 9.92. The first-order valence-electron chi connectivity index (χ1n) is 10.7. The van der Waals surface area contributed by atoms with Crippen molar-refractivity contribution in [2.75, 3.05) is 0 Å². The number of ether oxygens (including phenoxy) is 1. The molecule has 168 valence electrons. The van der Waals surface area contributed by atoms with Gasteiger partial charge in [0.25, 0.3) is 0 Å². The fourth-order valence-electron chi connectivity index (χ4n) is 3.90. The number of aromatic nitrogens is 2. The SMILES string of the molecule is Cc1c[nH]c([C@@H](CC(=O)O)c2ccc(OCc3cccc(-c4ccc(Cl)cc4C)c3)cc2)n1. The smallest absolute Gasteiger partial charge is 0.304 e. The molecule has 2 N–H and O–H groups in total. The van der Waals surface area contributed by atoms with Crippen LogP contribution in [0.1, 0.15) is 40.5 Å². The monoisotopic (exact) mass is 460 g/mol. The van der Waals surface area contributed by atoms with Crippen LogP contribution in [0.4, 0.5) is 0 Å². The van der Waals surface area contributed by atoms with Crippen LogP contribution in [0.2, 0.25) is 5.02 Å². The van der Waals surface area contributed by atoms with E-state index in [-0.39, 0.29) is 12.3 Å². The Morgan fingerprint density at radius 3 is 2.55 bits per heavy atom. The number of benzene rings is 3. The van der Waals surface area contributed by atoms with E-state index in [0.717, 1.165) is 44.3 Å². The number of hydrogen-bond donors (Lipinski definition) is 2. The summed E-state index contributed by atoms with van der Waals surface area (Å²) >= 11 is 6.09. The average molecular weight is 461 g/mol. The van der Waals surface area contributed by atoms with Crippen molar-refractivity contribution in [3.05, 3.63) is 106 Å². The Balaban J connectivity index is 1.47. The van der Waals surface area contributed by atoms with Gasteiger partial charge in [0.05, 0.1) is 18.0 Å². The van der Waals surface area contributed by atoms with Gasteiger partial charge in [-0.15, -0.1) is 0 Å². The third-order valence-electron chi connectivity index (χ3n) is 5.55. The lowest BCUT2D eigenvalue weighted by molar-refractivity contribution is -0.137. The van der Waals surface area contributed by atoms with Crippen molar-refractivity contribution in [3.8, 4) is 16.9 Å². The molecule has 0 bridgehead atoms. The second-order valence-corrected chi connectivity index (χ2v) is 8.53. The van der Waals surface area contributed by atoms with E-state index >= 15 is 0 Å². The Bertz CT molecular complexity index is 1260. The maximum absolute atomic E-state index is 11.4. The summed E-state index contributed by atoms with van der Waals surface area (Å²) < 4.78 is 6.00. The fourth-order valence-corrected chi connectivity index (χ4v) is 4.13. The molecule has 0 radical (unpaired) electrons. The Labute approximate surface area is 198 Å². The molecule has 1 heterocycles. The van der Waals surface area contributed by atoms with Crippen LogP contribution < -0.4 is 4.74 Å². The number of nitrogens with zero attached hydrogens (tertiary/aromatic N) is 1. The Morgan fingerprint density at radius 1 is 1.09 bits per heavy atom. The second-order valence-electron chi connectivity index (χ2n) is 8.09. The summed E-state index contributed by atoms with van der Waals surface area (Å²) in [7, 11) is 0. The normalized spacial score (nSPS) is 11.8. The van der Waals surface area contributed by atoms with Crippen molar-refractivity contribution < 1.29 is 14.6 Å². The highest BCUT2D eigenvalue weighted by Crippen LogP contribution is 2.29. The molecule has 1 atom stereocenters. The molecular weight excluding hydrogens is 436 g/mol. The van der Waals surface area contributed by atoms with Gasteiger partial charge in [0, 0.05) is 11.2 Å². The molecule has 0 amide bonds. The largest absolute Gasteiger partial charge is 0.489 e. The lowest BCUT2D eigenvalue weighted by atomic mass is 9.95. The summed E-state index contributed by atoms with van der Waals surface area (Å²) in [5.74, 6) is 0.157. The number of imidazole rings is 1. The molecule has 0 saturated carbocycles. The Morgan fingerprint density at radius 2 is 1.88 bits per heavy atom. The van der Waals surface area contributed by atoms with Gasteiger partial charge in [0.1, 0.15) is 18.2 Å². The molecule has 0 unspecified atom stereocenters. The summed E-state index contributed by atoms with van der Waals surface area (Å²) in [6.07, 6.45) is 1.74. The molecule has 4 rings (SSSR count). The Kier molecular flexibility index (Phi) is 6.80. The van der Waals surface area contributed by atoms with Crippen molar-refractivity contribution >= 4 is 17.6 Å². The molecule has 4 aromatic rings. The van der Waals surface area contributed by atoms with Crippen molar-refractivity contribution in [1.82, 2.24) is 9.97 Å². The quantitative estimate of drug-likeness (QED) is 0.313. The van der Waals surface area contributed by atoms with Gasteiger partial charge in [-0.1, -0.05) is 48.0 Å². The fraction of sp³-hybridized carbons (Fsp3) is 0.185. The van der Waals surface area contributed by atoms with Gasteiger partial charge in [0.15, 0.2) is 0 Å². The summed E-state index contributed by atoms with van der Waals surface area (Å²) in [4.78, 5) is 18.9. The van der Waals surface area contributed by atoms with E-state index in [4.69, 9.17) is 16.3 Å². The minimum atomic E-state index is -0.870. The molecule has 0 aliphatic heterocycles. The molecule has 0 aliphatic rings. The first-order valence-corrected chi connectivity index (χ1v) is 11.1. The zero-order valence-corrected chi connectivity index (χ0v) is 19.3. The van der Waals surface area contributed by atoms with Crippen LogP contribution in [0, 0.1) is 13.8 Å². The van der Waals surface area contributed by atoms with Gasteiger partial charge in [-0.25, -0.2) is 4.98 Å². The highest BCUT2D eigenvalue weighted by molar-refractivity contribution is 6.30. The number of aliphatic carboxylic acids is 1. The van der Waals surface area contributed by atoms with Gasteiger partial charge in [-0.2, -0.15) is 0 Å². The number of rotatable bonds is 8. The molecule has 0 fully saturated rings. The molecule has 33 heavy (non-hydrogen) atoms. The van der Waals surface area contributed by atoms with Crippen LogP contribution in [-0.2, 0) is 11.4 Å². The van der Waals surface area contributed by atoms with Gasteiger partial charge in [0.2, 0.25) is 0 Å². The highest BCUT2D eigenvalue weighted by atomic mass is 35.5. The predicted molar refractivity (Wildman–Crippen MR) is 130 cm³/mol. The minimum absolute atomic E-state index is 0.0376. The first-order chi connectivity index (χ1) is 15.9. The number of aromatic amines is 1. The first kappa shape index (κ1) is 22.6. The topological polar surface area (TPSA) is 75.2 Å². The Hall–Kier alpha value is -3.57. The average Bonchev–Trinajstić information content (AvgIpc) is 3.22. The zero-order chi connectivity index (χ0) is 23.4. The standard InChI is InChI=1S/C27H25ClN2O3/c1-17-12-22(28)8-11-24(17)21-5-3-4-19(13-21)16-33-23-9-6-20(7-10-23)25(14-26(31)32)27-29-15-18(2)30-27/h3-13,15,25H,14,16H2,1-2H3,(H,29,30)(H,31,32)/t25-/m0/s1. The summed E-state index contributed by atoms with van der Waals surface area (Å²) in [5.41, 5.74) is 6.14. The number of nitrogens with one attached hydrogen (secondary N) is 1. The van der Waals surface area contributed by atoms with E-state index in [2.05, 4.69) is 22.1 Å². The molecule has 5 nitrogen and oxygen atoms in total. The zero-order valence-electron chi connectivity index (χ0n) is 18.5. The van der Waals surface area contributed by atoms with Crippen molar-refractivity contribution in [2.24, 2.45) is 0 Å². The third kappa shape index (κ3) is 5.62. The maximum atomic E-state index is 11.4. The molecule has 0 spiro atoms. The highest BCUT2D eigenvalue weighted by Gasteiger charge is 2.20. The van der Waals surface area contributed by atoms with E-state index in [1.165, 1.54) is 0 Å². The molecular formula is C27H25ClN2O3. The van der Waals surface area contributed by atoms with Crippen LogP contribution in [-0.4, -0.2) is 21.0 Å². The number of carbonyl (C=O) groups is 1. The predicted octanol–water partition coefficient (Wildman–Crippen LogP) is 6.53. The number of halogens is 1. The summed E-state index contributed by atoms with van der Waals surface area (Å²) in [5, 5.41) is 10.1. The van der Waals surface area contributed by atoms with Crippen molar-refractivity contribution in [3.63, 3.8) is 0 Å². The van der Waals surface area contributed by atoms with Gasteiger partial charge >= 0.3 is 5.97 Å². The molecule has 1 aromatic heterocycles. The lowest BCUT2D eigenvalue weighted by Gasteiger charge is -2.14. The van der Waals surface area contributed by atoms with E-state index in [9.17, 15) is 9.90 Å². The van der Waals surface area contributed by atoms with Crippen molar-refractivity contribution in [1.29, 1.82) is 0 Å². The van der Waals surface area contributed by atoms with Crippen LogP contribution in [0.5, 0.6) is 5.75 Å². The minimum Gasteiger partial charge on any atom is -0.489 e. The number of hydrogen-bond acceptors (Lipinski definition) is 3. The molecule has 3 aromatic carbocycles. The number of H-pyrrole nitrogens is 1. The van der Waals surface area contributed by atoms with Crippen molar-refractivity contribution in [2.45, 2.75) is 32.8 Å². The maximum Gasteiger partial charge on any atom is 0.304 e. The molecule has 6 heteroatoms. The van der Waals surface area contributed by atoms with E-state index in [1.807, 2.05) is 68.4 Å². The summed E-state index contributed by atoms with van der Waals surface area (Å²) in [6.45, 7) is 4.35. The van der Waals surface area contributed by atoms with Crippen LogP contribution in [0.15, 0.2) is 72.9 Å². The van der Waals surface area contributed by atoms with Gasteiger partial charge in [-0.05, 0) is 72.0 Å². The van der Waals surface area contributed by atoms with Crippen LogP contribution in [0.3, 0.4) is 0 Å². The molecule has 0 saturated heterocycles. The van der Waals surface area contributed by atoms with E-state index < -0.39 is 5.97 Å². The van der Waals surface area contributed by atoms with E-state index in [1.54, 1.807) is 6.20 Å². The lowest BCUT2D eigenvalue weighted by Crippen LogP contribution is -2.09. The molecule has 0 aliphatic carbocycles. The number of carboxylic acids is 1. The van der Waals surface area contributed by atoms with Gasteiger partial charge < -0.3 is 14.8 Å². The van der Waals surface area contributed by atoms with Crippen LogP contribution >= 0.6 is 11.6 Å². The number of aryl methyl sites for hydroxylation is 2. The number of carboxylic acid groups (broad SMARTS) is 1. The van der Waals surface area contributed by atoms with Gasteiger partial charge in [-0.3, -0.25) is 4.79 Å². The van der Waals surface area contributed by atoms with Crippen LogP contribution in [0.25, 0.3) is 11.1 Å².